The van der Waals surface area contributed by atoms with E-state index >= 15 is 0 Å². The second kappa shape index (κ2) is 13.5. The molecule has 0 aliphatic heterocycles. The highest BCUT2D eigenvalue weighted by Crippen LogP contribution is 2.57. The van der Waals surface area contributed by atoms with E-state index < -0.39 is 15.8 Å². The molecule has 4 aromatic rings. The number of hydrogen-bond acceptors (Lipinski definition) is 2. The Balaban J connectivity index is 1.67. The molecule has 0 saturated heterocycles. The summed E-state index contributed by atoms with van der Waals surface area (Å²) >= 11 is 0. The molecule has 2 nitrogen and oxygen atoms in total. The molecule has 1 saturated carbocycles. The lowest BCUT2D eigenvalue weighted by molar-refractivity contribution is 0.408. The summed E-state index contributed by atoms with van der Waals surface area (Å²) in [4.78, 5) is 0. The molecule has 43 heavy (non-hydrogen) atoms. The maximum Gasteiger partial charge on any atom is 0.124 e. The van der Waals surface area contributed by atoms with Gasteiger partial charge in [-0.3, -0.25) is 0 Å². The van der Waals surface area contributed by atoms with E-state index in [1.807, 2.05) is 0 Å². The van der Waals surface area contributed by atoms with E-state index in [0.29, 0.717) is 17.2 Å². The zero-order valence-corrected chi connectivity index (χ0v) is 29.3. The Kier molecular flexibility index (Phi) is 10.0. The van der Waals surface area contributed by atoms with Crippen LogP contribution in [0.1, 0.15) is 59.6 Å². The first-order chi connectivity index (χ1) is 20.7. The minimum Gasteiger partial charge on any atom is -0.496 e. The van der Waals surface area contributed by atoms with Crippen LogP contribution < -0.4 is 30.7 Å². The van der Waals surface area contributed by atoms with Crippen LogP contribution in [0.15, 0.2) is 72.8 Å². The molecule has 0 spiro atoms. The number of methoxy groups -OCH3 is 2. The third kappa shape index (κ3) is 6.30. The Morgan fingerprint density at radius 1 is 0.605 bits per heavy atom. The van der Waals surface area contributed by atoms with E-state index in [1.54, 1.807) is 24.8 Å². The fourth-order valence-electron chi connectivity index (χ4n) is 7.59. The third-order valence-electron chi connectivity index (χ3n) is 9.49. The van der Waals surface area contributed by atoms with Crippen LogP contribution in [0.25, 0.3) is 0 Å². The number of aryl methyl sites for hydroxylation is 6. The highest BCUT2D eigenvalue weighted by molar-refractivity contribution is 7.74. The van der Waals surface area contributed by atoms with Crippen LogP contribution in [-0.2, 0) is 0 Å². The van der Waals surface area contributed by atoms with E-state index in [0.717, 1.165) is 11.5 Å². The summed E-state index contributed by atoms with van der Waals surface area (Å²) in [5.74, 6) is 2.67. The van der Waals surface area contributed by atoms with Crippen molar-refractivity contribution in [2.24, 2.45) is 5.92 Å². The second-order valence-corrected chi connectivity index (χ2v) is 17.4. The maximum atomic E-state index is 5.81. The average Bonchev–Trinajstić information content (AvgIpc) is 3.44. The van der Waals surface area contributed by atoms with E-state index in [2.05, 4.69) is 121 Å². The van der Waals surface area contributed by atoms with Gasteiger partial charge in [0.2, 0.25) is 0 Å². The smallest absolute Gasteiger partial charge is 0.124 e. The third-order valence-corrected chi connectivity index (χ3v) is 15.7. The molecule has 4 aromatic carbocycles. The molecular weight excluding hydrogens is 562 g/mol. The molecular formula is C39H48O2P2. The highest BCUT2D eigenvalue weighted by Gasteiger charge is 2.42. The van der Waals surface area contributed by atoms with Gasteiger partial charge in [0.05, 0.1) is 14.2 Å². The molecule has 0 aromatic heterocycles. The van der Waals surface area contributed by atoms with Gasteiger partial charge in [0, 0.05) is 0 Å². The first kappa shape index (κ1) is 31.8. The van der Waals surface area contributed by atoms with Gasteiger partial charge in [-0.25, -0.2) is 0 Å². The summed E-state index contributed by atoms with van der Waals surface area (Å²) in [5, 5.41) is 6.05. The molecule has 0 amide bonds. The Labute approximate surface area is 262 Å². The molecule has 0 heterocycles. The van der Waals surface area contributed by atoms with Gasteiger partial charge in [0.1, 0.15) is 11.5 Å². The van der Waals surface area contributed by atoms with Crippen molar-refractivity contribution in [3.8, 4) is 11.5 Å². The fourth-order valence-corrected chi connectivity index (χ4v) is 14.6. The molecule has 3 atom stereocenters. The molecule has 226 valence electrons. The quantitative estimate of drug-likeness (QED) is 0.177. The van der Waals surface area contributed by atoms with Crippen LogP contribution in [0.4, 0.5) is 0 Å². The molecule has 0 N–H and O–H groups in total. The van der Waals surface area contributed by atoms with Crippen LogP contribution in [-0.4, -0.2) is 25.5 Å². The van der Waals surface area contributed by atoms with Crippen molar-refractivity contribution in [2.45, 2.75) is 79.0 Å². The first-order valence-electron chi connectivity index (χ1n) is 15.7. The molecule has 2 unspecified atom stereocenters. The topological polar surface area (TPSA) is 18.5 Å². The van der Waals surface area contributed by atoms with Crippen molar-refractivity contribution in [3.63, 3.8) is 0 Å². The Morgan fingerprint density at radius 3 is 1.42 bits per heavy atom. The van der Waals surface area contributed by atoms with Crippen LogP contribution in [0.5, 0.6) is 11.5 Å². The summed E-state index contributed by atoms with van der Waals surface area (Å²) in [7, 11) is 2.46. The van der Waals surface area contributed by atoms with E-state index in [4.69, 9.17) is 9.47 Å². The lowest BCUT2D eigenvalue weighted by Gasteiger charge is -2.38. The second-order valence-electron chi connectivity index (χ2n) is 12.4. The zero-order valence-electron chi connectivity index (χ0n) is 27.5. The molecule has 0 radical (unpaired) electrons. The summed E-state index contributed by atoms with van der Waals surface area (Å²) < 4.78 is 11.6. The van der Waals surface area contributed by atoms with E-state index in [9.17, 15) is 0 Å². The fraction of sp³-hybridized carbons (Fsp3) is 0.385. The van der Waals surface area contributed by atoms with Crippen LogP contribution in [0, 0.1) is 47.5 Å². The van der Waals surface area contributed by atoms with Crippen LogP contribution in [0.2, 0.25) is 0 Å². The Hall–Kier alpha value is -2.66. The van der Waals surface area contributed by atoms with Gasteiger partial charge < -0.3 is 9.47 Å². The summed E-state index contributed by atoms with van der Waals surface area (Å²) in [5.41, 5.74) is 8.95. The lowest BCUT2D eigenvalue weighted by Crippen LogP contribution is -2.34. The first-order valence-corrected chi connectivity index (χ1v) is 18.5. The Morgan fingerprint density at radius 2 is 1.02 bits per heavy atom. The molecule has 5 rings (SSSR count). The largest absolute Gasteiger partial charge is 0.496 e. The van der Waals surface area contributed by atoms with E-state index in [1.165, 1.54) is 63.3 Å². The normalized spacial score (nSPS) is 17.5. The van der Waals surface area contributed by atoms with Crippen LogP contribution in [0.3, 0.4) is 0 Å². The number of benzene rings is 4. The average molecular weight is 611 g/mol. The van der Waals surface area contributed by atoms with E-state index in [-0.39, 0.29) is 0 Å². The van der Waals surface area contributed by atoms with Gasteiger partial charge in [-0.2, -0.15) is 0 Å². The SMILES string of the molecule is COc1c(C)cc(P(c2cc(C)c(OC)c(C)c2)C2CCCC2[C@@H](C)P(c2ccccc2C)c2ccccc2C)cc1C. The summed E-state index contributed by atoms with van der Waals surface area (Å²) in [6.45, 7) is 16.0. The van der Waals surface area contributed by atoms with Crippen molar-refractivity contribution < 1.29 is 9.47 Å². The molecule has 0 bridgehead atoms. The minimum atomic E-state index is -0.602. The maximum absolute atomic E-state index is 5.81. The van der Waals surface area contributed by atoms with Gasteiger partial charge >= 0.3 is 0 Å². The predicted molar refractivity (Wildman–Crippen MR) is 190 cm³/mol. The van der Waals surface area contributed by atoms with Gasteiger partial charge in [-0.05, 0) is 166 Å². The van der Waals surface area contributed by atoms with Gasteiger partial charge in [0.25, 0.3) is 0 Å². The minimum absolute atomic E-state index is 0.524. The van der Waals surface area contributed by atoms with Crippen molar-refractivity contribution in [2.75, 3.05) is 14.2 Å². The van der Waals surface area contributed by atoms with Gasteiger partial charge in [-0.1, -0.05) is 61.9 Å². The standard InChI is InChI=1S/C39H48O2P2/c1-25-15-10-12-18-35(25)42(36-19-13-11-16-26(36)2)31(7)34-17-14-20-37(34)43(32-21-27(3)38(40-8)28(4)22-32)33-23-29(5)39(41-9)30(6)24-33/h10-13,15-16,18-19,21-24,31,34,37H,14,17,20H2,1-9H3/t31-,34?,37?/m1/s1. The number of rotatable bonds is 9. The molecule has 1 aliphatic carbocycles. The van der Waals surface area contributed by atoms with Gasteiger partial charge in [0.15, 0.2) is 0 Å². The zero-order chi connectivity index (χ0) is 30.8. The van der Waals surface area contributed by atoms with Crippen LogP contribution >= 0.6 is 15.8 Å². The summed E-state index contributed by atoms with van der Waals surface area (Å²) in [6, 6.07) is 28.0. The van der Waals surface area contributed by atoms with Crippen molar-refractivity contribution in [3.05, 3.63) is 106 Å². The highest BCUT2D eigenvalue weighted by atomic mass is 31.1. The number of hydrogen-bond donors (Lipinski definition) is 0. The van der Waals surface area contributed by atoms with Crippen molar-refractivity contribution in [1.29, 1.82) is 0 Å². The lowest BCUT2D eigenvalue weighted by atomic mass is 10.0. The molecule has 1 aliphatic rings. The van der Waals surface area contributed by atoms with Gasteiger partial charge in [-0.15, -0.1) is 0 Å². The summed E-state index contributed by atoms with van der Waals surface area (Å²) in [6.07, 6.45) is 3.87. The monoisotopic (exact) mass is 610 g/mol. The predicted octanol–water partition coefficient (Wildman–Crippen LogP) is 8.68. The Bertz CT molecular complexity index is 1440. The molecule has 1 fully saturated rings. The van der Waals surface area contributed by atoms with Crippen molar-refractivity contribution in [1.82, 2.24) is 0 Å². The van der Waals surface area contributed by atoms with Crippen molar-refractivity contribution >= 4 is 37.1 Å². The molecule has 4 heteroatoms. The number of ether oxygens (including phenoxy) is 2.